The van der Waals surface area contributed by atoms with Gasteiger partial charge in [-0.2, -0.15) is 0 Å². The number of ether oxygens (including phenoxy) is 4. The maximum atomic E-state index is 11.8. The highest BCUT2D eigenvalue weighted by Crippen LogP contribution is 2.43. The number of aromatic amines is 1. The molecule has 5 rings (SSSR count). The summed E-state index contributed by atoms with van der Waals surface area (Å²) in [5.41, 5.74) is 12.8. The van der Waals surface area contributed by atoms with Crippen LogP contribution in [0.3, 0.4) is 0 Å². The van der Waals surface area contributed by atoms with Gasteiger partial charge < -0.3 is 23.9 Å². The molecule has 0 saturated carbocycles. The van der Waals surface area contributed by atoms with Gasteiger partial charge in [0.15, 0.2) is 0 Å². The second-order valence-corrected chi connectivity index (χ2v) is 10.8. The van der Waals surface area contributed by atoms with Crippen LogP contribution in [0.15, 0.2) is 47.2 Å². The van der Waals surface area contributed by atoms with E-state index in [2.05, 4.69) is 48.8 Å². The van der Waals surface area contributed by atoms with E-state index in [1.165, 1.54) is 11.6 Å². The van der Waals surface area contributed by atoms with E-state index in [1.54, 1.807) is 13.8 Å². The van der Waals surface area contributed by atoms with Gasteiger partial charge in [-0.15, -0.1) is 0 Å². The van der Waals surface area contributed by atoms with Crippen molar-refractivity contribution in [3.8, 4) is 11.5 Å². The van der Waals surface area contributed by atoms with E-state index in [1.807, 2.05) is 30.3 Å². The Hall–Kier alpha value is -4.43. The minimum Gasteiger partial charge on any atom is -0.492 e. The van der Waals surface area contributed by atoms with Gasteiger partial charge in [-0.05, 0) is 37.6 Å². The first-order valence-corrected chi connectivity index (χ1v) is 13.2. The molecule has 10 nitrogen and oxygen atoms in total. The summed E-state index contributed by atoms with van der Waals surface area (Å²) in [7, 11) is 0. The predicted octanol–water partition coefficient (Wildman–Crippen LogP) is 6.59. The highest BCUT2D eigenvalue weighted by atomic mass is 16.5. The fourth-order valence-corrected chi connectivity index (χ4v) is 4.74. The molecule has 1 aromatic heterocycles. The zero-order valence-electron chi connectivity index (χ0n) is 23.7. The average Bonchev–Trinajstić information content (AvgIpc) is 3.58. The summed E-state index contributed by atoms with van der Waals surface area (Å²) in [5.74, 6) is 0.626. The summed E-state index contributed by atoms with van der Waals surface area (Å²) >= 11 is 0. The summed E-state index contributed by atoms with van der Waals surface area (Å²) < 4.78 is 21.4. The summed E-state index contributed by atoms with van der Waals surface area (Å²) in [6.07, 6.45) is 1.50. The molecule has 40 heavy (non-hydrogen) atoms. The number of rotatable bonds is 6. The second kappa shape index (κ2) is 11.4. The van der Waals surface area contributed by atoms with Crippen molar-refractivity contribution >= 4 is 28.9 Å². The Morgan fingerprint density at radius 2 is 1.65 bits per heavy atom. The second-order valence-electron chi connectivity index (χ2n) is 10.8. The topological polar surface area (TPSA) is 136 Å². The first kappa shape index (κ1) is 28.6. The van der Waals surface area contributed by atoms with Gasteiger partial charge in [0.1, 0.15) is 22.9 Å². The molecule has 2 aromatic carbocycles. The number of carbonyl (C=O) groups excluding carboxylic acids is 2. The van der Waals surface area contributed by atoms with Crippen molar-refractivity contribution in [2.45, 2.75) is 52.4 Å². The van der Waals surface area contributed by atoms with Gasteiger partial charge in [0.05, 0.1) is 26.4 Å². The van der Waals surface area contributed by atoms with Crippen molar-refractivity contribution in [3.05, 3.63) is 74.9 Å². The fraction of sp³-hybridized carbons (Fsp3) is 0.400. The zero-order valence-corrected chi connectivity index (χ0v) is 23.7. The van der Waals surface area contributed by atoms with E-state index in [0.29, 0.717) is 31.1 Å². The number of azide groups is 1. The molecule has 0 fully saturated rings. The van der Waals surface area contributed by atoms with Crippen LogP contribution in [0, 0.1) is 0 Å². The maximum Gasteiger partial charge on any atom is 0.354 e. The summed E-state index contributed by atoms with van der Waals surface area (Å²) in [5, 5.41) is 4.36. The van der Waals surface area contributed by atoms with E-state index in [-0.39, 0.29) is 29.1 Å². The van der Waals surface area contributed by atoms with Crippen LogP contribution in [-0.4, -0.2) is 43.4 Å². The number of fused-ring (bicyclic) bond motifs is 4. The van der Waals surface area contributed by atoms with E-state index >= 15 is 0 Å². The van der Waals surface area contributed by atoms with Gasteiger partial charge in [0.25, 0.3) is 0 Å². The van der Waals surface area contributed by atoms with Crippen LogP contribution in [0.5, 0.6) is 11.5 Å². The normalized spacial score (nSPS) is 15.9. The summed E-state index contributed by atoms with van der Waals surface area (Å²) in [6.45, 7) is 13.8. The van der Waals surface area contributed by atoms with E-state index < -0.39 is 5.97 Å². The Kier molecular flexibility index (Phi) is 8.11. The van der Waals surface area contributed by atoms with Crippen molar-refractivity contribution in [1.29, 1.82) is 0 Å². The van der Waals surface area contributed by atoms with Gasteiger partial charge in [-0.3, -0.25) is 0 Å². The van der Waals surface area contributed by atoms with Crippen LogP contribution < -0.4 is 9.47 Å². The molecule has 0 bridgehead atoms. The Labute approximate surface area is 232 Å². The molecular formula is C30H34N4O6. The van der Waals surface area contributed by atoms with Crippen LogP contribution in [0.1, 0.15) is 68.7 Å². The number of nitrogens with one attached hydrogen (secondary N) is 1. The predicted molar refractivity (Wildman–Crippen MR) is 151 cm³/mol. The third-order valence-corrected chi connectivity index (χ3v) is 6.84. The molecule has 2 aliphatic rings. The Morgan fingerprint density at radius 3 is 2.30 bits per heavy atom. The van der Waals surface area contributed by atoms with E-state index in [0.717, 1.165) is 28.0 Å². The summed E-state index contributed by atoms with van der Waals surface area (Å²) in [6, 6.07) is 11.6. The van der Waals surface area contributed by atoms with Crippen molar-refractivity contribution < 1.29 is 28.5 Å². The third kappa shape index (κ3) is 5.62. The molecule has 2 aliphatic heterocycles. The molecule has 0 spiro atoms. The van der Waals surface area contributed by atoms with Gasteiger partial charge in [0.2, 0.25) is 0 Å². The number of benzene rings is 2. The lowest BCUT2D eigenvalue weighted by atomic mass is 9.86. The molecule has 0 aliphatic carbocycles. The molecule has 3 aromatic rings. The fourth-order valence-electron chi connectivity index (χ4n) is 4.74. The molecular weight excluding hydrogens is 512 g/mol. The highest BCUT2D eigenvalue weighted by molar-refractivity contribution is 5.98. The maximum absolute atomic E-state index is 11.8. The largest absolute Gasteiger partial charge is 0.492 e. The van der Waals surface area contributed by atoms with Crippen LogP contribution in [0.2, 0.25) is 0 Å². The lowest BCUT2D eigenvalue weighted by Crippen LogP contribution is -2.18. The average molecular weight is 547 g/mol. The molecule has 210 valence electrons. The lowest BCUT2D eigenvalue weighted by molar-refractivity contribution is -0.138. The van der Waals surface area contributed by atoms with Crippen LogP contribution in [0.25, 0.3) is 27.4 Å². The number of para-hydroxylation sites is 1. The molecule has 0 atom stereocenters. The number of nitrogens with zero attached hydrogens (tertiary/aromatic N) is 3. The molecule has 10 heteroatoms. The Morgan fingerprint density at radius 1 is 1.00 bits per heavy atom. The van der Waals surface area contributed by atoms with E-state index in [9.17, 15) is 9.59 Å². The number of hydrogen-bond donors (Lipinski definition) is 1. The lowest BCUT2D eigenvalue weighted by Gasteiger charge is -2.14. The first-order chi connectivity index (χ1) is 19.0. The highest BCUT2D eigenvalue weighted by Gasteiger charge is 2.34. The monoisotopic (exact) mass is 546 g/mol. The SMILES string of the molecule is CCOC(=O)/C(=C/c1cccc2c1OCC2(C)C)N=[N+]=[N-].CCOC(=O)c1cc2c3c(ccc2[nH]1)C(C)(C)CO3. The van der Waals surface area contributed by atoms with E-state index in [4.69, 9.17) is 24.5 Å². The number of esters is 2. The van der Waals surface area contributed by atoms with Crippen molar-refractivity contribution in [2.24, 2.45) is 5.11 Å². The van der Waals surface area contributed by atoms with Crippen LogP contribution in [0.4, 0.5) is 0 Å². The van der Waals surface area contributed by atoms with Crippen LogP contribution >= 0.6 is 0 Å². The molecule has 3 heterocycles. The van der Waals surface area contributed by atoms with Gasteiger partial charge >= 0.3 is 11.9 Å². The third-order valence-electron chi connectivity index (χ3n) is 6.84. The molecule has 0 radical (unpaired) electrons. The minimum atomic E-state index is -0.648. The van der Waals surface area contributed by atoms with Crippen molar-refractivity contribution in [3.63, 3.8) is 0 Å². The number of hydrogen-bond acceptors (Lipinski definition) is 7. The number of carbonyl (C=O) groups is 2. The number of aromatic nitrogens is 1. The Balaban J connectivity index is 0.000000186. The molecule has 0 unspecified atom stereocenters. The standard InChI is InChI=1S/C15H17N3O3.C15H17NO3/c1-4-20-14(19)12(17-18-16)8-10-6-5-7-11-13(10)21-9-15(11,2)3;1-4-18-14(17)12-7-9-11(16-12)6-5-10-13(9)19-8-15(10,2)3/h5-8H,4,9H2,1-3H3;5-7,16H,4,8H2,1-3H3/b12-8-;. The zero-order chi connectivity index (χ0) is 29.1. The first-order valence-electron chi connectivity index (χ1n) is 13.2. The smallest absolute Gasteiger partial charge is 0.354 e. The van der Waals surface area contributed by atoms with Crippen molar-refractivity contribution in [1.82, 2.24) is 4.98 Å². The molecule has 1 N–H and O–H groups in total. The molecule has 0 saturated heterocycles. The van der Waals surface area contributed by atoms with Gasteiger partial charge in [-0.1, -0.05) is 57.1 Å². The minimum absolute atomic E-state index is 0.0187. The summed E-state index contributed by atoms with van der Waals surface area (Å²) in [4.78, 5) is 29.3. The molecule has 0 amide bonds. The quantitative estimate of drug-likeness (QED) is 0.122. The number of H-pyrrole nitrogens is 1. The van der Waals surface area contributed by atoms with Crippen molar-refractivity contribution in [2.75, 3.05) is 26.4 Å². The van der Waals surface area contributed by atoms with Gasteiger partial charge in [-0.25, -0.2) is 9.59 Å². The Bertz CT molecular complexity index is 1530. The van der Waals surface area contributed by atoms with Gasteiger partial charge in [0, 0.05) is 43.3 Å². The van der Waals surface area contributed by atoms with Crippen LogP contribution in [-0.2, 0) is 25.1 Å².